The average molecular weight is 457 g/mol. The number of aromatic amines is 1. The maximum Gasteiger partial charge on any atom is 0.174 e. The number of ether oxygens (including phenoxy) is 2. The third-order valence-corrected chi connectivity index (χ3v) is 6.00. The second-order valence-corrected chi connectivity index (χ2v) is 8.25. The van der Waals surface area contributed by atoms with Crippen LogP contribution in [0.15, 0.2) is 85.1 Å². The van der Waals surface area contributed by atoms with Gasteiger partial charge >= 0.3 is 0 Å². The van der Waals surface area contributed by atoms with Crippen molar-refractivity contribution in [2.75, 3.05) is 12.0 Å². The minimum Gasteiger partial charge on any atom is -0.497 e. The molecule has 2 aromatic heterocycles. The van der Waals surface area contributed by atoms with Crippen LogP contribution in [0.5, 0.6) is 17.2 Å². The molecule has 33 heavy (non-hydrogen) atoms. The summed E-state index contributed by atoms with van der Waals surface area (Å²) < 4.78 is 11.2. The molecule has 2 N–H and O–H groups in total. The molecule has 1 saturated heterocycles. The molecule has 0 bridgehead atoms. The number of pyridine rings is 1. The first-order chi connectivity index (χ1) is 16.1. The molecule has 0 unspecified atom stereocenters. The SMILES string of the molecule is COc1ccc(Oc2ccc(N3C(=S)N[C@H](c4ccccn4)[C@H]3c3ccc(C)[nH]3)cc2)cc1. The van der Waals surface area contributed by atoms with Crippen molar-refractivity contribution in [3.05, 3.63) is 102 Å². The van der Waals surface area contributed by atoms with Gasteiger partial charge in [0, 0.05) is 23.3 Å². The molecule has 0 saturated carbocycles. The molecular formula is C26H24N4O2S. The largest absolute Gasteiger partial charge is 0.497 e. The van der Waals surface area contributed by atoms with Gasteiger partial charge in [0.2, 0.25) is 0 Å². The summed E-state index contributed by atoms with van der Waals surface area (Å²) in [6.07, 6.45) is 1.81. The van der Waals surface area contributed by atoms with E-state index < -0.39 is 0 Å². The lowest BCUT2D eigenvalue weighted by Crippen LogP contribution is -2.29. The fraction of sp³-hybridized carbons (Fsp3) is 0.154. The van der Waals surface area contributed by atoms with Crippen LogP contribution in [0.4, 0.5) is 5.69 Å². The molecule has 0 spiro atoms. The van der Waals surface area contributed by atoms with E-state index in [4.69, 9.17) is 21.7 Å². The van der Waals surface area contributed by atoms with E-state index >= 15 is 0 Å². The predicted molar refractivity (Wildman–Crippen MR) is 133 cm³/mol. The van der Waals surface area contributed by atoms with Gasteiger partial charge in [0.05, 0.1) is 18.8 Å². The van der Waals surface area contributed by atoms with Crippen LogP contribution in [0.1, 0.15) is 29.2 Å². The fourth-order valence-electron chi connectivity index (χ4n) is 4.10. The number of aromatic nitrogens is 2. The van der Waals surface area contributed by atoms with Crippen molar-refractivity contribution < 1.29 is 9.47 Å². The van der Waals surface area contributed by atoms with E-state index in [-0.39, 0.29) is 12.1 Å². The lowest BCUT2D eigenvalue weighted by atomic mass is 10.0. The molecule has 0 aliphatic carbocycles. The van der Waals surface area contributed by atoms with Crippen LogP contribution in [0.25, 0.3) is 0 Å². The highest BCUT2D eigenvalue weighted by Gasteiger charge is 2.41. The van der Waals surface area contributed by atoms with Crippen molar-refractivity contribution in [2.45, 2.75) is 19.0 Å². The first-order valence-electron chi connectivity index (χ1n) is 10.7. The zero-order valence-corrected chi connectivity index (χ0v) is 19.2. The summed E-state index contributed by atoms with van der Waals surface area (Å²) in [5.41, 5.74) is 4.10. The van der Waals surface area contributed by atoms with Crippen molar-refractivity contribution in [3.63, 3.8) is 0 Å². The number of H-pyrrole nitrogens is 1. The van der Waals surface area contributed by atoms with Gasteiger partial charge in [-0.15, -0.1) is 0 Å². The van der Waals surface area contributed by atoms with Crippen LogP contribution in [0.2, 0.25) is 0 Å². The monoisotopic (exact) mass is 456 g/mol. The molecular weight excluding hydrogens is 432 g/mol. The van der Waals surface area contributed by atoms with Gasteiger partial charge in [-0.25, -0.2) is 0 Å². The maximum atomic E-state index is 5.99. The molecule has 2 atom stereocenters. The molecule has 5 rings (SSSR count). The minimum atomic E-state index is -0.0769. The maximum absolute atomic E-state index is 5.99. The Balaban J connectivity index is 1.44. The fourth-order valence-corrected chi connectivity index (χ4v) is 4.45. The molecule has 1 aliphatic heterocycles. The van der Waals surface area contributed by atoms with Crippen LogP contribution < -0.4 is 19.7 Å². The number of nitrogens with one attached hydrogen (secondary N) is 2. The highest BCUT2D eigenvalue weighted by molar-refractivity contribution is 7.80. The number of nitrogens with zero attached hydrogens (tertiary/aromatic N) is 2. The zero-order valence-electron chi connectivity index (χ0n) is 18.4. The van der Waals surface area contributed by atoms with Gasteiger partial charge in [-0.05, 0) is 91.9 Å². The van der Waals surface area contributed by atoms with Crippen molar-refractivity contribution >= 4 is 23.0 Å². The van der Waals surface area contributed by atoms with Gasteiger partial charge in [0.25, 0.3) is 0 Å². The average Bonchev–Trinajstić information content (AvgIpc) is 3.43. The second kappa shape index (κ2) is 8.96. The van der Waals surface area contributed by atoms with Gasteiger partial charge in [-0.3, -0.25) is 4.98 Å². The van der Waals surface area contributed by atoms with E-state index in [9.17, 15) is 0 Å². The number of anilines is 1. The Morgan fingerprint density at radius 2 is 1.58 bits per heavy atom. The summed E-state index contributed by atoms with van der Waals surface area (Å²) in [6, 6.07) is 25.5. The lowest BCUT2D eigenvalue weighted by molar-refractivity contribution is 0.413. The Kier molecular flexibility index (Phi) is 5.71. The first-order valence-corrected chi connectivity index (χ1v) is 11.1. The lowest BCUT2D eigenvalue weighted by Gasteiger charge is -2.27. The molecule has 166 valence electrons. The Morgan fingerprint density at radius 1 is 0.879 bits per heavy atom. The Bertz CT molecular complexity index is 1240. The number of rotatable bonds is 6. The van der Waals surface area contributed by atoms with E-state index in [2.05, 4.69) is 39.2 Å². The number of thiocarbonyl (C=S) groups is 1. The normalized spacial score (nSPS) is 17.6. The van der Waals surface area contributed by atoms with E-state index in [1.54, 1.807) is 7.11 Å². The zero-order chi connectivity index (χ0) is 22.8. The summed E-state index contributed by atoms with van der Waals surface area (Å²) in [6.45, 7) is 2.05. The molecule has 1 fully saturated rings. The summed E-state index contributed by atoms with van der Waals surface area (Å²) in [5, 5.41) is 4.13. The molecule has 2 aromatic carbocycles. The molecule has 1 aliphatic rings. The number of benzene rings is 2. The van der Waals surface area contributed by atoms with E-state index in [0.29, 0.717) is 5.11 Å². The minimum absolute atomic E-state index is 0.0607. The Labute approximate surface area is 198 Å². The number of aryl methyl sites for hydroxylation is 1. The predicted octanol–water partition coefficient (Wildman–Crippen LogP) is 5.70. The number of hydrogen-bond acceptors (Lipinski definition) is 4. The van der Waals surface area contributed by atoms with Crippen molar-refractivity contribution in [2.24, 2.45) is 0 Å². The Hall–Kier alpha value is -3.84. The topological polar surface area (TPSA) is 62.4 Å². The summed E-state index contributed by atoms with van der Waals surface area (Å²) >= 11 is 5.77. The van der Waals surface area contributed by atoms with Gasteiger partial charge in [-0.2, -0.15) is 0 Å². The standard InChI is InChI=1S/C26H24N4O2S/c1-17-6-15-23(28-17)25-24(22-5-3-4-16-27-22)29-26(33)30(25)18-7-9-20(10-8-18)32-21-13-11-19(31-2)12-14-21/h3-16,24-25,28H,1-2H3,(H,29,33)/t24-,25-/m1/s1. The third-order valence-electron chi connectivity index (χ3n) is 5.68. The van der Waals surface area contributed by atoms with Gasteiger partial charge in [0.1, 0.15) is 23.3 Å². The molecule has 0 radical (unpaired) electrons. The molecule has 4 aromatic rings. The molecule has 0 amide bonds. The number of hydrogen-bond donors (Lipinski definition) is 2. The molecule has 7 heteroatoms. The Morgan fingerprint density at radius 3 is 2.18 bits per heavy atom. The smallest absolute Gasteiger partial charge is 0.174 e. The third kappa shape index (κ3) is 4.27. The van der Waals surface area contributed by atoms with Gasteiger partial charge in [-0.1, -0.05) is 6.07 Å². The summed E-state index contributed by atoms with van der Waals surface area (Å²) in [7, 11) is 1.65. The van der Waals surface area contributed by atoms with E-state index in [0.717, 1.165) is 40.0 Å². The summed E-state index contributed by atoms with van der Waals surface area (Å²) in [4.78, 5) is 10.2. The van der Waals surface area contributed by atoms with E-state index in [1.165, 1.54) is 0 Å². The highest BCUT2D eigenvalue weighted by atomic mass is 32.1. The van der Waals surface area contributed by atoms with Crippen LogP contribution >= 0.6 is 12.2 Å². The van der Waals surface area contributed by atoms with Crippen molar-refractivity contribution in [1.29, 1.82) is 0 Å². The summed E-state index contributed by atoms with van der Waals surface area (Å²) in [5.74, 6) is 2.29. The van der Waals surface area contributed by atoms with Crippen LogP contribution in [-0.4, -0.2) is 22.2 Å². The quantitative estimate of drug-likeness (QED) is 0.363. The molecule has 6 nitrogen and oxygen atoms in total. The van der Waals surface area contributed by atoms with Crippen molar-refractivity contribution in [3.8, 4) is 17.2 Å². The van der Waals surface area contributed by atoms with E-state index in [1.807, 2.05) is 72.9 Å². The highest BCUT2D eigenvalue weighted by Crippen LogP contribution is 2.41. The van der Waals surface area contributed by atoms with Gasteiger partial charge in [0.15, 0.2) is 5.11 Å². The van der Waals surface area contributed by atoms with Gasteiger partial charge < -0.3 is 24.7 Å². The number of methoxy groups -OCH3 is 1. The van der Waals surface area contributed by atoms with Crippen LogP contribution in [0.3, 0.4) is 0 Å². The molecule has 3 heterocycles. The van der Waals surface area contributed by atoms with Crippen LogP contribution in [0, 0.1) is 6.92 Å². The first kappa shape index (κ1) is 21.0. The van der Waals surface area contributed by atoms with Crippen LogP contribution in [-0.2, 0) is 0 Å². The second-order valence-electron chi connectivity index (χ2n) is 7.86. The van der Waals surface area contributed by atoms with Crippen molar-refractivity contribution in [1.82, 2.24) is 15.3 Å².